The number of carbonyl (C=O) groups is 1. The Morgan fingerprint density at radius 2 is 1.41 bits per heavy atom. The maximum atomic E-state index is 13.5. The van der Waals surface area contributed by atoms with Crippen molar-refractivity contribution in [2.24, 2.45) is 0 Å². The monoisotopic (exact) mass is 427 g/mol. The molecule has 0 radical (unpaired) electrons. The number of halogens is 5. The lowest BCUT2D eigenvalue weighted by Crippen LogP contribution is -2.36. The fourth-order valence-corrected chi connectivity index (χ4v) is 2.68. The van der Waals surface area contributed by atoms with Gasteiger partial charge < -0.3 is 19.9 Å². The first-order valence-corrected chi connectivity index (χ1v) is 9.53. The van der Waals surface area contributed by atoms with Crippen LogP contribution in [0, 0.1) is 29.1 Å². The molecular formula is C19H26F5NO4. The molecule has 0 aromatic heterocycles. The van der Waals surface area contributed by atoms with E-state index in [0.717, 1.165) is 38.5 Å². The molecule has 1 rings (SSSR count). The molecule has 0 saturated carbocycles. The van der Waals surface area contributed by atoms with Crippen LogP contribution in [0.15, 0.2) is 0 Å². The molecule has 1 atom stereocenters. The van der Waals surface area contributed by atoms with E-state index in [0.29, 0.717) is 6.42 Å². The van der Waals surface area contributed by atoms with E-state index in [9.17, 15) is 26.7 Å². The highest BCUT2D eigenvalue weighted by molar-refractivity contribution is 5.70. The number of hydrogen-bond donors (Lipinski definition) is 2. The number of rotatable bonds is 13. The molecule has 1 aromatic rings. The molecule has 0 aliphatic heterocycles. The highest BCUT2D eigenvalue weighted by Gasteiger charge is 2.28. The minimum absolute atomic E-state index is 0.176. The first-order valence-electron chi connectivity index (χ1n) is 9.53. The zero-order valence-electron chi connectivity index (χ0n) is 16.2. The molecule has 0 spiro atoms. The molecule has 0 saturated heterocycles. The van der Waals surface area contributed by atoms with Gasteiger partial charge in [0.2, 0.25) is 34.8 Å². The van der Waals surface area contributed by atoms with Gasteiger partial charge in [0.15, 0.2) is 0 Å². The molecule has 0 fully saturated rings. The SMILES string of the molecule is CCCCCCCCCC(CNC(=O)Oc1c(F)c(F)c(F)c(F)c1F)OCO. The smallest absolute Gasteiger partial charge is 0.404 e. The fourth-order valence-electron chi connectivity index (χ4n) is 2.68. The zero-order chi connectivity index (χ0) is 21.8. The van der Waals surface area contributed by atoms with Crippen LogP contribution in [-0.2, 0) is 4.74 Å². The second kappa shape index (κ2) is 13.3. The van der Waals surface area contributed by atoms with Crippen molar-refractivity contribution >= 4 is 6.09 Å². The number of ether oxygens (including phenoxy) is 2. The summed E-state index contributed by atoms with van der Waals surface area (Å²) in [4.78, 5) is 11.7. The fraction of sp³-hybridized carbons (Fsp3) is 0.632. The van der Waals surface area contributed by atoms with Gasteiger partial charge in [-0.05, 0) is 6.42 Å². The van der Waals surface area contributed by atoms with Gasteiger partial charge in [0.25, 0.3) is 0 Å². The summed E-state index contributed by atoms with van der Waals surface area (Å²) in [6.07, 6.45) is 5.85. The number of unbranched alkanes of at least 4 members (excludes halogenated alkanes) is 6. The number of carbonyl (C=O) groups excluding carboxylic acids is 1. The second-order valence-electron chi connectivity index (χ2n) is 6.50. The molecule has 0 bridgehead atoms. The van der Waals surface area contributed by atoms with Crippen molar-refractivity contribution < 1.29 is 41.3 Å². The summed E-state index contributed by atoms with van der Waals surface area (Å²) < 4.78 is 75.5. The number of amides is 1. The second-order valence-corrected chi connectivity index (χ2v) is 6.50. The van der Waals surface area contributed by atoms with E-state index in [1.807, 2.05) is 0 Å². The normalized spacial score (nSPS) is 12.1. The summed E-state index contributed by atoms with van der Waals surface area (Å²) in [7, 11) is 0. The summed E-state index contributed by atoms with van der Waals surface area (Å²) >= 11 is 0. The van der Waals surface area contributed by atoms with Gasteiger partial charge >= 0.3 is 6.09 Å². The summed E-state index contributed by atoms with van der Waals surface area (Å²) in [5.41, 5.74) is 0. The Kier molecular flexibility index (Phi) is 11.5. The summed E-state index contributed by atoms with van der Waals surface area (Å²) in [5.74, 6) is -13.0. The van der Waals surface area contributed by atoms with Gasteiger partial charge in [0, 0.05) is 6.54 Å². The number of aliphatic hydroxyl groups excluding tert-OH is 1. The molecule has 2 N–H and O–H groups in total. The largest absolute Gasteiger partial charge is 0.412 e. The lowest BCUT2D eigenvalue weighted by atomic mass is 10.1. The Morgan fingerprint density at radius 3 is 1.97 bits per heavy atom. The van der Waals surface area contributed by atoms with E-state index in [-0.39, 0.29) is 6.54 Å². The van der Waals surface area contributed by atoms with Crippen molar-refractivity contribution in [3.05, 3.63) is 29.1 Å². The minimum Gasteiger partial charge on any atom is -0.404 e. The predicted octanol–water partition coefficient (Wildman–Crippen LogP) is 4.95. The third-order valence-corrected chi connectivity index (χ3v) is 4.28. The van der Waals surface area contributed by atoms with Crippen LogP contribution >= 0.6 is 0 Å². The molecule has 1 unspecified atom stereocenters. The lowest BCUT2D eigenvalue weighted by molar-refractivity contribution is -0.0519. The third kappa shape index (κ3) is 8.14. The van der Waals surface area contributed by atoms with Crippen LogP contribution in [0.25, 0.3) is 0 Å². The number of benzene rings is 1. The molecule has 10 heteroatoms. The Balaban J connectivity index is 2.50. The molecule has 1 amide bonds. The molecule has 0 aliphatic rings. The van der Waals surface area contributed by atoms with Crippen molar-refractivity contribution in [2.75, 3.05) is 13.3 Å². The maximum Gasteiger partial charge on any atom is 0.412 e. The van der Waals surface area contributed by atoms with Crippen LogP contribution in [0.5, 0.6) is 5.75 Å². The van der Waals surface area contributed by atoms with Gasteiger partial charge in [0.1, 0.15) is 6.79 Å². The minimum atomic E-state index is -2.35. The van der Waals surface area contributed by atoms with Gasteiger partial charge in [-0.1, -0.05) is 51.9 Å². The average Bonchev–Trinajstić information content (AvgIpc) is 2.71. The number of aliphatic hydroxyl groups is 1. The van der Waals surface area contributed by atoms with Crippen LogP contribution in [-0.4, -0.2) is 30.6 Å². The van der Waals surface area contributed by atoms with Crippen molar-refractivity contribution in [2.45, 2.75) is 64.4 Å². The van der Waals surface area contributed by atoms with Crippen molar-refractivity contribution in [1.82, 2.24) is 5.32 Å². The molecule has 1 aromatic carbocycles. The van der Waals surface area contributed by atoms with E-state index < -0.39 is 53.8 Å². The summed E-state index contributed by atoms with van der Waals surface area (Å²) in [6, 6.07) is 0. The van der Waals surface area contributed by atoms with Gasteiger partial charge in [-0.3, -0.25) is 0 Å². The van der Waals surface area contributed by atoms with Gasteiger partial charge in [-0.15, -0.1) is 0 Å². The first kappa shape index (κ1) is 25.1. The van der Waals surface area contributed by atoms with E-state index >= 15 is 0 Å². The molecule has 0 aliphatic carbocycles. The van der Waals surface area contributed by atoms with Crippen LogP contribution in [0.1, 0.15) is 58.3 Å². The van der Waals surface area contributed by atoms with E-state index in [4.69, 9.17) is 9.84 Å². The Bertz CT molecular complexity index is 631. The van der Waals surface area contributed by atoms with Gasteiger partial charge in [0.05, 0.1) is 6.10 Å². The topological polar surface area (TPSA) is 67.8 Å². The van der Waals surface area contributed by atoms with E-state index in [2.05, 4.69) is 17.0 Å². The maximum absolute atomic E-state index is 13.5. The van der Waals surface area contributed by atoms with Crippen LogP contribution in [0.4, 0.5) is 26.7 Å². The predicted molar refractivity (Wildman–Crippen MR) is 94.8 cm³/mol. The van der Waals surface area contributed by atoms with Gasteiger partial charge in [-0.25, -0.2) is 18.0 Å². The molecule has 0 heterocycles. The zero-order valence-corrected chi connectivity index (χ0v) is 16.2. The first-order chi connectivity index (χ1) is 13.8. The Morgan fingerprint density at radius 1 is 0.897 bits per heavy atom. The Hall–Kier alpha value is -1.94. The van der Waals surface area contributed by atoms with Gasteiger partial charge in [-0.2, -0.15) is 8.78 Å². The standard InChI is InChI=1S/C19H26F5NO4/c1-2-3-4-5-6-7-8-9-12(28-11-26)10-25-19(27)29-18-16(23)14(21)13(20)15(22)17(18)24/h12,26H,2-11H2,1H3,(H,25,27). The average molecular weight is 427 g/mol. The highest BCUT2D eigenvalue weighted by atomic mass is 19.2. The third-order valence-electron chi connectivity index (χ3n) is 4.28. The van der Waals surface area contributed by atoms with Crippen molar-refractivity contribution in [3.63, 3.8) is 0 Å². The molecule has 29 heavy (non-hydrogen) atoms. The van der Waals surface area contributed by atoms with Crippen LogP contribution < -0.4 is 10.1 Å². The van der Waals surface area contributed by atoms with E-state index in [1.54, 1.807) is 0 Å². The summed E-state index contributed by atoms with van der Waals surface area (Å²) in [5, 5.41) is 11.0. The van der Waals surface area contributed by atoms with Crippen LogP contribution in [0.3, 0.4) is 0 Å². The molecular weight excluding hydrogens is 401 g/mol. The van der Waals surface area contributed by atoms with E-state index in [1.165, 1.54) is 6.42 Å². The summed E-state index contributed by atoms with van der Waals surface area (Å²) in [6.45, 7) is 1.35. The Labute approximate surface area is 166 Å². The molecule has 166 valence electrons. The van der Waals surface area contributed by atoms with Crippen molar-refractivity contribution in [3.8, 4) is 5.75 Å². The highest BCUT2D eigenvalue weighted by Crippen LogP contribution is 2.29. The van der Waals surface area contributed by atoms with Crippen molar-refractivity contribution in [1.29, 1.82) is 0 Å². The molecule has 5 nitrogen and oxygen atoms in total. The number of nitrogens with one attached hydrogen (secondary N) is 1. The number of hydrogen-bond acceptors (Lipinski definition) is 4. The quantitative estimate of drug-likeness (QED) is 0.154. The lowest BCUT2D eigenvalue weighted by Gasteiger charge is -2.17. The van der Waals surface area contributed by atoms with Crippen LogP contribution in [0.2, 0.25) is 0 Å².